The van der Waals surface area contributed by atoms with Crippen LogP contribution in [-0.4, -0.2) is 65.1 Å². The van der Waals surface area contributed by atoms with Gasteiger partial charge in [-0.05, 0) is 36.8 Å². The van der Waals surface area contributed by atoms with Crippen LogP contribution >= 0.6 is 0 Å². The summed E-state index contributed by atoms with van der Waals surface area (Å²) in [5, 5.41) is 17.0. The second-order valence-corrected chi connectivity index (χ2v) is 10.2. The summed E-state index contributed by atoms with van der Waals surface area (Å²) in [6, 6.07) is 11.0. The molecule has 4 heterocycles. The van der Waals surface area contributed by atoms with Crippen molar-refractivity contribution in [2.24, 2.45) is 11.1 Å². The number of carbonyl (C=O) groups is 3. The van der Waals surface area contributed by atoms with E-state index in [0.717, 1.165) is 30.1 Å². The zero-order valence-electron chi connectivity index (χ0n) is 20.9. The molecule has 2 fully saturated rings. The number of rotatable bonds is 5. The molecule has 2 aliphatic heterocycles. The Balaban J connectivity index is 1.45. The molecule has 11 heteroatoms. The lowest BCUT2D eigenvalue weighted by Gasteiger charge is -2.46. The Morgan fingerprint density at radius 3 is 2.54 bits per heavy atom. The minimum absolute atomic E-state index is 0.00547. The molecule has 5 rings (SSSR count). The van der Waals surface area contributed by atoms with Crippen molar-refractivity contribution in [3.05, 3.63) is 53.9 Å². The Hall–Kier alpha value is -4.59. The third-order valence-corrected chi connectivity index (χ3v) is 7.29. The van der Waals surface area contributed by atoms with Crippen molar-refractivity contribution in [3.63, 3.8) is 0 Å². The minimum atomic E-state index is -0.611. The van der Waals surface area contributed by atoms with Gasteiger partial charge in [-0.3, -0.25) is 19.4 Å². The molecule has 0 spiro atoms. The Bertz CT molecular complexity index is 1450. The molecule has 2 aromatic heterocycles. The van der Waals surface area contributed by atoms with Gasteiger partial charge in [-0.15, -0.1) is 0 Å². The van der Waals surface area contributed by atoms with E-state index in [1.807, 2.05) is 24.3 Å². The highest BCUT2D eigenvalue weighted by Crippen LogP contribution is 2.37. The number of nitriles is 1. The summed E-state index contributed by atoms with van der Waals surface area (Å²) in [4.78, 5) is 41.7. The highest BCUT2D eigenvalue weighted by molar-refractivity contribution is 6.12. The number of likely N-dealkylation sites (N-methyl/N-ethyl adjacent to an activating group) is 1. The molecule has 0 saturated carbocycles. The predicted octanol–water partition coefficient (Wildman–Crippen LogP) is 2.42. The largest absolute Gasteiger partial charge is 0.379 e. The van der Waals surface area contributed by atoms with Crippen LogP contribution in [0.25, 0.3) is 5.52 Å². The highest BCUT2D eigenvalue weighted by atomic mass is 16.2. The minimum Gasteiger partial charge on any atom is -0.379 e. The van der Waals surface area contributed by atoms with E-state index in [4.69, 9.17) is 11.0 Å². The fraction of sp³-hybridized carbons (Fsp3) is 0.346. The number of imide groups is 1. The van der Waals surface area contributed by atoms with Crippen LogP contribution in [0.4, 0.5) is 21.9 Å². The number of nitrogens with one attached hydrogen (secondary N) is 1. The molecule has 1 aromatic carbocycles. The van der Waals surface area contributed by atoms with Crippen LogP contribution in [0.2, 0.25) is 0 Å². The topological polar surface area (TPSA) is 140 Å². The lowest BCUT2D eigenvalue weighted by Crippen LogP contribution is -2.52. The molecule has 11 nitrogen and oxygen atoms in total. The first-order valence-electron chi connectivity index (χ1n) is 12.0. The maximum atomic E-state index is 12.5. The molecule has 2 saturated heterocycles. The van der Waals surface area contributed by atoms with Crippen LogP contribution in [0.15, 0.2) is 42.7 Å². The molecule has 1 atom stereocenters. The monoisotopic (exact) mass is 500 g/mol. The van der Waals surface area contributed by atoms with Gasteiger partial charge in [0, 0.05) is 37.3 Å². The van der Waals surface area contributed by atoms with Crippen molar-refractivity contribution >= 4 is 40.4 Å². The van der Waals surface area contributed by atoms with Crippen molar-refractivity contribution in [1.29, 1.82) is 5.26 Å². The number of piperidine rings is 1. The van der Waals surface area contributed by atoms with Gasteiger partial charge < -0.3 is 16.0 Å². The van der Waals surface area contributed by atoms with Crippen LogP contribution in [0.5, 0.6) is 0 Å². The van der Waals surface area contributed by atoms with Crippen LogP contribution < -0.4 is 20.9 Å². The maximum absolute atomic E-state index is 12.5. The van der Waals surface area contributed by atoms with Crippen LogP contribution in [0, 0.1) is 16.7 Å². The van der Waals surface area contributed by atoms with E-state index < -0.39 is 11.9 Å². The number of carbonyl (C=O) groups excluding carboxylic acids is 3. The Kier molecular flexibility index (Phi) is 5.75. The molecule has 3 N–H and O–H groups in total. The van der Waals surface area contributed by atoms with E-state index in [2.05, 4.69) is 35.2 Å². The molecule has 0 unspecified atom stereocenters. The van der Waals surface area contributed by atoms with Crippen molar-refractivity contribution in [1.82, 2.24) is 14.5 Å². The second-order valence-electron chi connectivity index (χ2n) is 10.2. The van der Waals surface area contributed by atoms with Crippen molar-refractivity contribution in [3.8, 4) is 6.07 Å². The van der Waals surface area contributed by atoms with E-state index in [1.54, 1.807) is 16.8 Å². The smallest absolute Gasteiger partial charge is 0.331 e. The van der Waals surface area contributed by atoms with Gasteiger partial charge in [0.2, 0.25) is 5.91 Å². The lowest BCUT2D eigenvalue weighted by atomic mass is 9.78. The molecule has 37 heavy (non-hydrogen) atoms. The zero-order valence-corrected chi connectivity index (χ0v) is 20.9. The summed E-state index contributed by atoms with van der Waals surface area (Å²) in [6.07, 6.45) is 3.87. The van der Waals surface area contributed by atoms with Crippen LogP contribution in [-0.2, 0) is 4.79 Å². The lowest BCUT2D eigenvalue weighted by molar-refractivity contribution is -0.123. The molecule has 190 valence electrons. The van der Waals surface area contributed by atoms with E-state index in [1.165, 1.54) is 18.1 Å². The molecule has 0 aliphatic carbocycles. The Morgan fingerprint density at radius 1 is 1.22 bits per heavy atom. The van der Waals surface area contributed by atoms with E-state index in [-0.39, 0.29) is 29.5 Å². The molecule has 0 radical (unpaired) electrons. The number of hydrogen-bond acceptors (Lipinski definition) is 7. The number of fused-ring (bicyclic) bond motifs is 1. The number of primary amides is 1. The number of amides is 4. The number of nitrogens with zero attached hydrogens (tertiary/aromatic N) is 6. The molecule has 3 aromatic rings. The molecule has 4 amide bonds. The van der Waals surface area contributed by atoms with Gasteiger partial charge in [0.1, 0.15) is 6.54 Å². The summed E-state index contributed by atoms with van der Waals surface area (Å²) in [5.41, 5.74) is 9.09. The summed E-state index contributed by atoms with van der Waals surface area (Å²) in [5.74, 6) is -0.902. The SMILES string of the molecule is CN1C(=O)CN(c2cc3c(N[C@@H]4CCN(c5ccc(C#N)cc5)CC4(C)C)c(C(N)=O)cnn3c2)C1=O. The van der Waals surface area contributed by atoms with Gasteiger partial charge in [-0.2, -0.15) is 10.4 Å². The Morgan fingerprint density at radius 2 is 1.95 bits per heavy atom. The summed E-state index contributed by atoms with van der Waals surface area (Å²) < 4.78 is 1.58. The fourth-order valence-electron chi connectivity index (χ4n) is 5.09. The van der Waals surface area contributed by atoms with Gasteiger partial charge in [-0.1, -0.05) is 13.8 Å². The van der Waals surface area contributed by atoms with E-state index >= 15 is 0 Å². The number of aromatic nitrogens is 2. The average Bonchev–Trinajstić information content (AvgIpc) is 3.41. The van der Waals surface area contributed by atoms with E-state index in [0.29, 0.717) is 22.5 Å². The van der Waals surface area contributed by atoms with Gasteiger partial charge in [0.15, 0.2) is 0 Å². The number of urea groups is 1. The fourth-order valence-corrected chi connectivity index (χ4v) is 5.09. The average molecular weight is 501 g/mol. The quantitative estimate of drug-likeness (QED) is 0.513. The summed E-state index contributed by atoms with van der Waals surface area (Å²) in [7, 11) is 1.45. The van der Waals surface area contributed by atoms with Crippen molar-refractivity contribution in [2.45, 2.75) is 26.3 Å². The first-order valence-corrected chi connectivity index (χ1v) is 12.0. The van der Waals surface area contributed by atoms with Gasteiger partial charge in [0.05, 0.1) is 46.5 Å². The van der Waals surface area contributed by atoms with Gasteiger partial charge in [0.25, 0.3) is 5.91 Å². The number of benzene rings is 1. The second kappa shape index (κ2) is 8.81. The molecular weight excluding hydrogens is 472 g/mol. The molecular formula is C26H28N8O3. The first-order chi connectivity index (χ1) is 17.6. The Labute approximate surface area is 214 Å². The highest BCUT2D eigenvalue weighted by Gasteiger charge is 2.38. The third kappa shape index (κ3) is 4.20. The molecule has 2 aliphatic rings. The third-order valence-electron chi connectivity index (χ3n) is 7.29. The van der Waals surface area contributed by atoms with Crippen molar-refractivity contribution < 1.29 is 14.4 Å². The van der Waals surface area contributed by atoms with Gasteiger partial charge in [-0.25, -0.2) is 9.31 Å². The van der Waals surface area contributed by atoms with Crippen LogP contribution in [0.1, 0.15) is 36.2 Å². The van der Waals surface area contributed by atoms with Crippen molar-refractivity contribution in [2.75, 3.05) is 41.8 Å². The van der Waals surface area contributed by atoms with Crippen LogP contribution in [0.3, 0.4) is 0 Å². The first kappa shape index (κ1) is 24.1. The summed E-state index contributed by atoms with van der Waals surface area (Å²) in [6.45, 7) is 5.81. The van der Waals surface area contributed by atoms with E-state index in [9.17, 15) is 14.4 Å². The number of anilines is 3. The standard InChI is InChI=1S/C26H28N8O3/c1-26(2)15-32(17-6-4-16(11-27)5-7-17)9-8-21(26)30-23-19(24(28)36)12-29-34-13-18(10-20(23)34)33-14-22(35)31(3)25(33)37/h4-7,10,12-13,21,30H,8-9,14-15H2,1-3H3,(H2,28,36)/t21-/m1/s1. The summed E-state index contributed by atoms with van der Waals surface area (Å²) >= 11 is 0. The normalized spacial score (nSPS) is 19.4. The maximum Gasteiger partial charge on any atom is 0.331 e. The molecule has 0 bridgehead atoms. The predicted molar refractivity (Wildman–Crippen MR) is 138 cm³/mol. The van der Waals surface area contributed by atoms with Gasteiger partial charge >= 0.3 is 6.03 Å². The number of hydrogen-bond donors (Lipinski definition) is 2. The number of nitrogens with two attached hydrogens (primary N) is 1. The zero-order chi connectivity index (χ0) is 26.5.